The highest BCUT2D eigenvalue weighted by Gasteiger charge is 2.32. The van der Waals surface area contributed by atoms with Gasteiger partial charge in [-0.25, -0.2) is 10.2 Å². The number of nitrogens with one attached hydrogen (secondary N) is 2. The van der Waals surface area contributed by atoms with E-state index in [9.17, 15) is 14.2 Å². The van der Waals surface area contributed by atoms with E-state index in [0.29, 0.717) is 0 Å². The number of ether oxygens (including phenoxy) is 1. The number of hydrogen-bond donors (Lipinski definition) is 3. The highest BCUT2D eigenvalue weighted by atomic mass is 31.2. The first-order valence-electron chi connectivity index (χ1n) is 7.51. The van der Waals surface area contributed by atoms with E-state index in [1.54, 1.807) is 31.2 Å². The molecule has 0 heterocycles. The predicted octanol–water partition coefficient (Wildman–Crippen LogP) is 1.92. The van der Waals surface area contributed by atoms with Crippen molar-refractivity contribution >= 4 is 19.6 Å². The van der Waals surface area contributed by atoms with Crippen molar-refractivity contribution in [2.45, 2.75) is 39.5 Å². The van der Waals surface area contributed by atoms with E-state index in [1.165, 1.54) is 13.8 Å². The van der Waals surface area contributed by atoms with Gasteiger partial charge in [0.25, 0.3) is 0 Å². The van der Waals surface area contributed by atoms with Crippen molar-refractivity contribution in [1.29, 1.82) is 0 Å². The standard InChI is InChI=1S/C15H23N2O6P/c1-4-22-15(20)12(3)17-24(21,16-11(2)14(18)19)23-10-13-8-6-5-7-9-13/h5-9,11-12H,4,10H2,1-3H3,(H,18,19)(H2,16,17,21)/t11-,12-,24?/m0/s1. The Morgan fingerprint density at radius 1 is 1.17 bits per heavy atom. The van der Waals surface area contributed by atoms with Gasteiger partial charge in [0.2, 0.25) is 0 Å². The summed E-state index contributed by atoms with van der Waals surface area (Å²) in [6.07, 6.45) is 0. The van der Waals surface area contributed by atoms with Crippen LogP contribution >= 0.6 is 7.67 Å². The zero-order chi connectivity index (χ0) is 18.2. The van der Waals surface area contributed by atoms with Gasteiger partial charge in [0, 0.05) is 0 Å². The number of aliphatic carboxylic acids is 1. The Morgan fingerprint density at radius 2 is 1.75 bits per heavy atom. The molecule has 0 aliphatic heterocycles. The molecule has 0 bridgehead atoms. The number of carboxylic acid groups (broad SMARTS) is 1. The first-order valence-corrected chi connectivity index (χ1v) is 9.13. The lowest BCUT2D eigenvalue weighted by Crippen LogP contribution is -2.41. The topological polar surface area (TPSA) is 114 Å². The summed E-state index contributed by atoms with van der Waals surface area (Å²) in [5, 5.41) is 13.9. The van der Waals surface area contributed by atoms with Crippen LogP contribution in [0.4, 0.5) is 0 Å². The fraction of sp³-hybridized carbons (Fsp3) is 0.467. The largest absolute Gasteiger partial charge is 0.480 e. The first-order chi connectivity index (χ1) is 11.3. The molecule has 0 aliphatic carbocycles. The minimum atomic E-state index is -3.81. The summed E-state index contributed by atoms with van der Waals surface area (Å²) in [5.74, 6) is -1.80. The zero-order valence-corrected chi connectivity index (χ0v) is 14.8. The predicted molar refractivity (Wildman–Crippen MR) is 88.3 cm³/mol. The van der Waals surface area contributed by atoms with Crippen LogP contribution in [-0.2, 0) is 30.0 Å². The molecule has 8 nitrogen and oxygen atoms in total. The maximum absolute atomic E-state index is 12.9. The summed E-state index contributed by atoms with van der Waals surface area (Å²) >= 11 is 0. The third-order valence-corrected chi connectivity index (χ3v) is 4.94. The molecule has 0 spiro atoms. The summed E-state index contributed by atoms with van der Waals surface area (Å²) in [6, 6.07) is 6.92. The maximum atomic E-state index is 12.9. The molecule has 0 saturated heterocycles. The van der Waals surface area contributed by atoms with Gasteiger partial charge in [0.1, 0.15) is 12.1 Å². The van der Waals surface area contributed by atoms with Crippen LogP contribution < -0.4 is 10.2 Å². The Hall–Kier alpha value is -1.73. The Kier molecular flexibility index (Phi) is 8.07. The normalized spacial score (nSPS) is 16.0. The summed E-state index contributed by atoms with van der Waals surface area (Å²) in [6.45, 7) is 4.61. The van der Waals surface area contributed by atoms with Crippen LogP contribution in [0.15, 0.2) is 30.3 Å². The van der Waals surface area contributed by atoms with Crippen LogP contribution in [0.25, 0.3) is 0 Å². The summed E-state index contributed by atoms with van der Waals surface area (Å²) in [7, 11) is -3.81. The second-order valence-electron chi connectivity index (χ2n) is 5.10. The minimum Gasteiger partial charge on any atom is -0.480 e. The zero-order valence-electron chi connectivity index (χ0n) is 13.9. The monoisotopic (exact) mass is 358 g/mol. The van der Waals surface area contributed by atoms with Crippen molar-refractivity contribution in [3.8, 4) is 0 Å². The van der Waals surface area contributed by atoms with Crippen LogP contribution in [0.5, 0.6) is 0 Å². The second-order valence-corrected chi connectivity index (χ2v) is 6.98. The number of benzene rings is 1. The van der Waals surface area contributed by atoms with E-state index in [4.69, 9.17) is 14.4 Å². The van der Waals surface area contributed by atoms with E-state index in [2.05, 4.69) is 10.2 Å². The van der Waals surface area contributed by atoms with E-state index >= 15 is 0 Å². The minimum absolute atomic E-state index is 0.0139. The molecule has 3 atom stereocenters. The van der Waals surface area contributed by atoms with Gasteiger partial charge < -0.3 is 14.4 Å². The molecule has 0 saturated carbocycles. The van der Waals surface area contributed by atoms with Gasteiger partial charge in [-0.2, -0.15) is 0 Å². The van der Waals surface area contributed by atoms with E-state index in [1.807, 2.05) is 6.07 Å². The molecule has 9 heteroatoms. The van der Waals surface area contributed by atoms with Gasteiger partial charge >= 0.3 is 19.6 Å². The summed E-state index contributed by atoms with van der Waals surface area (Å²) in [5.41, 5.74) is 0.757. The second kappa shape index (κ2) is 9.54. The summed E-state index contributed by atoms with van der Waals surface area (Å²) in [4.78, 5) is 22.7. The van der Waals surface area contributed by atoms with Crippen molar-refractivity contribution in [2.75, 3.05) is 6.61 Å². The average molecular weight is 358 g/mol. The molecule has 0 aromatic heterocycles. The maximum Gasteiger partial charge on any atom is 0.342 e. The van der Waals surface area contributed by atoms with E-state index in [-0.39, 0.29) is 13.2 Å². The molecule has 3 N–H and O–H groups in total. The fourth-order valence-corrected chi connectivity index (χ4v) is 3.53. The Labute approximate surface area is 141 Å². The SMILES string of the molecule is CCOC(=O)[C@H](C)NP(=O)(N[C@@H](C)C(=O)O)OCc1ccccc1. The third-order valence-electron chi connectivity index (χ3n) is 2.99. The molecule has 0 fully saturated rings. The van der Waals surface area contributed by atoms with Crippen LogP contribution in [0, 0.1) is 0 Å². The van der Waals surface area contributed by atoms with Crippen molar-refractivity contribution in [3.05, 3.63) is 35.9 Å². The lowest BCUT2D eigenvalue weighted by atomic mass is 10.2. The molecule has 0 radical (unpaired) electrons. The molecular weight excluding hydrogens is 335 g/mol. The van der Waals surface area contributed by atoms with Crippen LogP contribution in [0.2, 0.25) is 0 Å². The van der Waals surface area contributed by atoms with Crippen molar-refractivity contribution in [1.82, 2.24) is 10.2 Å². The van der Waals surface area contributed by atoms with Crippen molar-refractivity contribution < 1.29 is 28.5 Å². The first kappa shape index (κ1) is 20.3. The summed E-state index contributed by atoms with van der Waals surface area (Å²) < 4.78 is 23.1. The number of carbonyl (C=O) groups excluding carboxylic acids is 1. The van der Waals surface area contributed by atoms with Gasteiger partial charge in [-0.15, -0.1) is 0 Å². The van der Waals surface area contributed by atoms with Crippen LogP contribution in [0.1, 0.15) is 26.3 Å². The van der Waals surface area contributed by atoms with Crippen molar-refractivity contribution in [2.24, 2.45) is 0 Å². The Bertz CT molecular complexity index is 595. The third kappa shape index (κ3) is 6.80. The lowest BCUT2D eigenvalue weighted by Gasteiger charge is -2.25. The molecular formula is C15H23N2O6P. The number of esters is 1. The van der Waals surface area contributed by atoms with E-state index < -0.39 is 31.7 Å². The molecule has 1 aromatic rings. The molecule has 0 amide bonds. The number of carboxylic acids is 1. The van der Waals surface area contributed by atoms with Crippen molar-refractivity contribution in [3.63, 3.8) is 0 Å². The molecule has 1 rings (SSSR count). The van der Waals surface area contributed by atoms with Crippen LogP contribution in [-0.4, -0.2) is 35.7 Å². The average Bonchev–Trinajstić information content (AvgIpc) is 2.54. The fourth-order valence-electron chi connectivity index (χ4n) is 1.74. The van der Waals surface area contributed by atoms with Gasteiger partial charge in [0.15, 0.2) is 0 Å². The Balaban J connectivity index is 2.83. The van der Waals surface area contributed by atoms with Crippen LogP contribution in [0.3, 0.4) is 0 Å². The highest BCUT2D eigenvalue weighted by Crippen LogP contribution is 2.40. The molecule has 24 heavy (non-hydrogen) atoms. The van der Waals surface area contributed by atoms with Gasteiger partial charge in [-0.05, 0) is 26.3 Å². The molecule has 0 aliphatic rings. The Morgan fingerprint density at radius 3 is 2.29 bits per heavy atom. The van der Waals surface area contributed by atoms with Gasteiger partial charge in [0.05, 0.1) is 13.2 Å². The van der Waals surface area contributed by atoms with Gasteiger partial charge in [-0.3, -0.25) is 14.2 Å². The number of rotatable bonds is 10. The van der Waals surface area contributed by atoms with E-state index in [0.717, 1.165) is 5.56 Å². The quantitative estimate of drug-likeness (QED) is 0.429. The highest BCUT2D eigenvalue weighted by molar-refractivity contribution is 7.54. The smallest absolute Gasteiger partial charge is 0.342 e. The lowest BCUT2D eigenvalue weighted by molar-refractivity contribution is -0.144. The number of hydrogen-bond acceptors (Lipinski definition) is 5. The molecule has 1 aromatic carbocycles. The molecule has 134 valence electrons. The molecule has 1 unspecified atom stereocenters. The number of carbonyl (C=O) groups is 2. The van der Waals surface area contributed by atoms with Gasteiger partial charge in [-0.1, -0.05) is 30.3 Å².